The minimum Gasteiger partial charge on any atom is -0.349 e. The van der Waals surface area contributed by atoms with Crippen LogP contribution in [0.3, 0.4) is 0 Å². The average molecular weight is 129 g/mol. The zero-order chi connectivity index (χ0) is 7.28. The third kappa shape index (κ3) is 2.85. The van der Waals surface area contributed by atoms with Gasteiger partial charge in [-0.3, -0.25) is 9.59 Å². The Hall–Kier alpha value is -0.860. The number of carbonyl (C=O) groups is 2. The van der Waals surface area contributed by atoms with E-state index >= 15 is 0 Å². The standard InChI is InChI=1S/C6H11NO2/c1-3-6(5(2)9)7-4-8/h4,6H,3H2,1-2H3,(H,7,8). The molecule has 3 nitrogen and oxygen atoms in total. The molecule has 0 rings (SSSR count). The Balaban J connectivity index is 3.67. The van der Waals surface area contributed by atoms with Crippen LogP contribution in [0.2, 0.25) is 0 Å². The van der Waals surface area contributed by atoms with E-state index in [1.807, 2.05) is 6.92 Å². The number of rotatable bonds is 4. The zero-order valence-corrected chi connectivity index (χ0v) is 5.68. The second-order valence-corrected chi connectivity index (χ2v) is 1.86. The lowest BCUT2D eigenvalue weighted by Gasteiger charge is -2.07. The Morgan fingerprint density at radius 1 is 1.78 bits per heavy atom. The van der Waals surface area contributed by atoms with E-state index in [4.69, 9.17) is 0 Å². The van der Waals surface area contributed by atoms with Gasteiger partial charge in [0.15, 0.2) is 5.78 Å². The molecule has 0 saturated heterocycles. The van der Waals surface area contributed by atoms with Crippen molar-refractivity contribution in [3.8, 4) is 0 Å². The SMILES string of the molecule is CCC(NC=O)C(C)=O. The van der Waals surface area contributed by atoms with Gasteiger partial charge in [0.05, 0.1) is 6.04 Å². The Kier molecular flexibility index (Phi) is 3.67. The van der Waals surface area contributed by atoms with E-state index in [9.17, 15) is 9.59 Å². The molecule has 0 saturated carbocycles. The predicted octanol–water partition coefficient (Wildman–Crippen LogP) is 0.1000. The smallest absolute Gasteiger partial charge is 0.207 e. The highest BCUT2D eigenvalue weighted by Crippen LogP contribution is 1.89. The number of hydrogen-bond acceptors (Lipinski definition) is 2. The summed E-state index contributed by atoms with van der Waals surface area (Å²) in [6, 6.07) is -0.289. The van der Waals surface area contributed by atoms with Crippen molar-refractivity contribution in [2.45, 2.75) is 26.3 Å². The number of ketones is 1. The van der Waals surface area contributed by atoms with Crippen LogP contribution in [0.15, 0.2) is 0 Å². The molecule has 0 aromatic rings. The maximum atomic E-state index is 10.5. The van der Waals surface area contributed by atoms with Crippen LogP contribution < -0.4 is 5.32 Å². The molecule has 0 radical (unpaired) electrons. The van der Waals surface area contributed by atoms with Gasteiger partial charge in [-0.25, -0.2) is 0 Å². The fourth-order valence-electron chi connectivity index (χ4n) is 0.605. The zero-order valence-electron chi connectivity index (χ0n) is 5.68. The molecule has 1 amide bonds. The van der Waals surface area contributed by atoms with Crippen LogP contribution in [0.4, 0.5) is 0 Å². The topological polar surface area (TPSA) is 46.2 Å². The lowest BCUT2D eigenvalue weighted by atomic mass is 10.1. The van der Waals surface area contributed by atoms with Crippen LogP contribution in [0.25, 0.3) is 0 Å². The monoisotopic (exact) mass is 129 g/mol. The lowest BCUT2D eigenvalue weighted by Crippen LogP contribution is -2.33. The van der Waals surface area contributed by atoms with Gasteiger partial charge < -0.3 is 5.32 Å². The largest absolute Gasteiger partial charge is 0.349 e. The maximum absolute atomic E-state index is 10.5. The number of Topliss-reactive ketones (excluding diaryl/α,β-unsaturated/α-hetero) is 1. The molecule has 3 heteroatoms. The van der Waals surface area contributed by atoms with Crippen LogP contribution >= 0.6 is 0 Å². The molecule has 0 aromatic heterocycles. The highest BCUT2D eigenvalue weighted by atomic mass is 16.1. The first-order chi connectivity index (χ1) is 4.22. The van der Waals surface area contributed by atoms with Gasteiger partial charge in [0.1, 0.15) is 0 Å². The summed E-state index contributed by atoms with van der Waals surface area (Å²) in [5, 5.41) is 2.40. The summed E-state index contributed by atoms with van der Waals surface area (Å²) in [6.07, 6.45) is 1.21. The van der Waals surface area contributed by atoms with E-state index in [0.717, 1.165) is 0 Å². The lowest BCUT2D eigenvalue weighted by molar-refractivity contribution is -0.121. The van der Waals surface area contributed by atoms with Gasteiger partial charge in [0.2, 0.25) is 6.41 Å². The summed E-state index contributed by atoms with van der Waals surface area (Å²) < 4.78 is 0. The van der Waals surface area contributed by atoms with Crippen molar-refractivity contribution in [2.75, 3.05) is 0 Å². The molecular weight excluding hydrogens is 118 g/mol. The fourth-order valence-corrected chi connectivity index (χ4v) is 0.605. The number of hydrogen-bond donors (Lipinski definition) is 1. The summed E-state index contributed by atoms with van der Waals surface area (Å²) in [6.45, 7) is 3.31. The summed E-state index contributed by atoms with van der Waals surface area (Å²) in [5.74, 6) is 0.00426. The minimum absolute atomic E-state index is 0.00426. The first-order valence-corrected chi connectivity index (χ1v) is 2.92. The van der Waals surface area contributed by atoms with E-state index < -0.39 is 0 Å². The van der Waals surface area contributed by atoms with Crippen LogP contribution in [-0.4, -0.2) is 18.2 Å². The van der Waals surface area contributed by atoms with Crippen molar-refractivity contribution in [1.82, 2.24) is 5.32 Å². The van der Waals surface area contributed by atoms with E-state index in [-0.39, 0.29) is 11.8 Å². The van der Waals surface area contributed by atoms with Crippen molar-refractivity contribution in [1.29, 1.82) is 0 Å². The number of nitrogens with one attached hydrogen (secondary N) is 1. The normalized spacial score (nSPS) is 12.2. The molecule has 1 unspecified atom stereocenters. The van der Waals surface area contributed by atoms with Crippen LogP contribution in [0.5, 0.6) is 0 Å². The maximum Gasteiger partial charge on any atom is 0.207 e. The van der Waals surface area contributed by atoms with E-state index in [1.165, 1.54) is 6.92 Å². The molecule has 0 aliphatic rings. The molecule has 0 heterocycles. The Bertz CT molecular complexity index is 112. The van der Waals surface area contributed by atoms with Crippen molar-refractivity contribution in [3.05, 3.63) is 0 Å². The fraction of sp³-hybridized carbons (Fsp3) is 0.667. The minimum atomic E-state index is -0.289. The number of carbonyl (C=O) groups excluding carboxylic acids is 2. The second kappa shape index (κ2) is 4.06. The molecule has 0 fully saturated rings. The van der Waals surface area contributed by atoms with Gasteiger partial charge in [-0.2, -0.15) is 0 Å². The Morgan fingerprint density at radius 3 is 2.44 bits per heavy atom. The number of amides is 1. The van der Waals surface area contributed by atoms with Crippen LogP contribution in [-0.2, 0) is 9.59 Å². The van der Waals surface area contributed by atoms with E-state index in [0.29, 0.717) is 12.8 Å². The van der Waals surface area contributed by atoms with Gasteiger partial charge >= 0.3 is 0 Å². The first kappa shape index (κ1) is 8.14. The summed E-state index contributed by atoms with van der Waals surface area (Å²) in [4.78, 5) is 20.4. The van der Waals surface area contributed by atoms with Gasteiger partial charge in [-0.1, -0.05) is 6.92 Å². The predicted molar refractivity (Wildman–Crippen MR) is 34.0 cm³/mol. The van der Waals surface area contributed by atoms with Crippen molar-refractivity contribution < 1.29 is 9.59 Å². The van der Waals surface area contributed by atoms with Gasteiger partial charge in [-0.05, 0) is 13.3 Å². The quantitative estimate of drug-likeness (QED) is 0.547. The molecule has 0 aliphatic carbocycles. The third-order valence-electron chi connectivity index (χ3n) is 1.17. The van der Waals surface area contributed by atoms with Gasteiger partial charge in [0.25, 0.3) is 0 Å². The Labute approximate surface area is 54.4 Å². The molecule has 0 bridgehead atoms. The van der Waals surface area contributed by atoms with E-state index in [2.05, 4.69) is 5.32 Å². The molecule has 9 heavy (non-hydrogen) atoms. The summed E-state index contributed by atoms with van der Waals surface area (Å²) in [5.41, 5.74) is 0. The summed E-state index contributed by atoms with van der Waals surface area (Å²) >= 11 is 0. The van der Waals surface area contributed by atoms with Crippen LogP contribution in [0.1, 0.15) is 20.3 Å². The molecule has 1 N–H and O–H groups in total. The second-order valence-electron chi connectivity index (χ2n) is 1.86. The first-order valence-electron chi connectivity index (χ1n) is 2.92. The summed E-state index contributed by atoms with van der Waals surface area (Å²) in [7, 11) is 0. The van der Waals surface area contributed by atoms with E-state index in [1.54, 1.807) is 0 Å². The molecule has 0 aromatic carbocycles. The average Bonchev–Trinajstić information content (AvgIpc) is 1.82. The molecule has 1 atom stereocenters. The molecule has 52 valence electrons. The highest BCUT2D eigenvalue weighted by Gasteiger charge is 2.07. The Morgan fingerprint density at radius 2 is 2.33 bits per heavy atom. The van der Waals surface area contributed by atoms with Crippen LogP contribution in [0, 0.1) is 0 Å². The van der Waals surface area contributed by atoms with Crippen molar-refractivity contribution in [3.63, 3.8) is 0 Å². The highest BCUT2D eigenvalue weighted by molar-refractivity contribution is 5.83. The van der Waals surface area contributed by atoms with Gasteiger partial charge in [-0.15, -0.1) is 0 Å². The van der Waals surface area contributed by atoms with Gasteiger partial charge in [0, 0.05) is 0 Å². The van der Waals surface area contributed by atoms with Crippen molar-refractivity contribution >= 4 is 12.2 Å². The third-order valence-corrected chi connectivity index (χ3v) is 1.17. The molecule has 0 aliphatic heterocycles. The molecule has 0 spiro atoms. The van der Waals surface area contributed by atoms with Crippen molar-refractivity contribution in [2.24, 2.45) is 0 Å². The molecular formula is C6H11NO2.